The second-order valence-corrected chi connectivity index (χ2v) is 6.49. The highest BCUT2D eigenvalue weighted by atomic mass is 16.5. The van der Waals surface area contributed by atoms with Crippen LogP contribution in [0.4, 0.5) is 0 Å². The predicted octanol–water partition coefficient (Wildman–Crippen LogP) is 2.29. The quantitative estimate of drug-likeness (QED) is 0.585. The lowest BCUT2D eigenvalue weighted by Crippen LogP contribution is -2.30. The normalized spacial score (nSPS) is 13.4. The summed E-state index contributed by atoms with van der Waals surface area (Å²) in [5.74, 6) is 0.172. The van der Waals surface area contributed by atoms with Gasteiger partial charge >= 0.3 is 5.97 Å². The number of methoxy groups -OCH3 is 2. The second kappa shape index (κ2) is 9.66. The molecule has 162 valence electrons. The van der Waals surface area contributed by atoms with Crippen LogP contribution in [0.25, 0.3) is 6.08 Å². The van der Waals surface area contributed by atoms with E-state index in [2.05, 4.69) is 5.32 Å². The summed E-state index contributed by atoms with van der Waals surface area (Å²) in [5.41, 5.74) is 1.08. The lowest BCUT2D eigenvalue weighted by molar-refractivity contribution is -0.137. The van der Waals surface area contributed by atoms with Gasteiger partial charge in [0.15, 0.2) is 23.9 Å². The number of ether oxygens (including phenoxy) is 4. The van der Waals surface area contributed by atoms with Crippen LogP contribution in [0, 0.1) is 0 Å². The van der Waals surface area contributed by atoms with Gasteiger partial charge < -0.3 is 29.4 Å². The highest BCUT2D eigenvalue weighted by Crippen LogP contribution is 2.35. The minimum atomic E-state index is -1.00. The fraction of sp³-hybridized carbons (Fsp3) is 0.227. The fourth-order valence-electron chi connectivity index (χ4n) is 2.86. The van der Waals surface area contributed by atoms with Gasteiger partial charge in [0.25, 0.3) is 5.91 Å². The highest BCUT2D eigenvalue weighted by molar-refractivity contribution is 6.14. The topological polar surface area (TPSA) is 120 Å². The van der Waals surface area contributed by atoms with Gasteiger partial charge in [0.1, 0.15) is 11.5 Å². The monoisotopic (exact) mass is 427 g/mol. The van der Waals surface area contributed by atoms with E-state index < -0.39 is 11.9 Å². The number of hydrogen-bond acceptors (Lipinski definition) is 7. The van der Waals surface area contributed by atoms with E-state index in [-0.39, 0.29) is 31.1 Å². The summed E-state index contributed by atoms with van der Waals surface area (Å²) in [5, 5.41) is 11.0. The molecule has 3 rings (SSSR count). The van der Waals surface area contributed by atoms with Crippen LogP contribution < -0.4 is 24.3 Å². The van der Waals surface area contributed by atoms with Crippen molar-refractivity contribution in [3.05, 3.63) is 53.3 Å². The van der Waals surface area contributed by atoms with E-state index in [1.807, 2.05) is 0 Å². The largest absolute Gasteiger partial charge is 0.493 e. The van der Waals surface area contributed by atoms with Crippen LogP contribution in [0.2, 0.25) is 0 Å². The number of benzene rings is 2. The molecule has 31 heavy (non-hydrogen) atoms. The Balaban J connectivity index is 1.66. The van der Waals surface area contributed by atoms with E-state index in [1.165, 1.54) is 20.3 Å². The number of Topliss-reactive ketones (excluding diaryl/α,β-unsaturated/α-hetero) is 1. The zero-order chi connectivity index (χ0) is 22.4. The molecule has 2 aromatic rings. The van der Waals surface area contributed by atoms with Crippen molar-refractivity contribution in [1.82, 2.24) is 5.32 Å². The van der Waals surface area contributed by atoms with Crippen molar-refractivity contribution >= 4 is 23.7 Å². The number of carbonyl (C=O) groups is 3. The number of hydrogen-bond donors (Lipinski definition) is 2. The van der Waals surface area contributed by atoms with E-state index in [1.54, 1.807) is 36.4 Å². The Labute approximate surface area is 178 Å². The summed E-state index contributed by atoms with van der Waals surface area (Å²) in [4.78, 5) is 34.8. The summed E-state index contributed by atoms with van der Waals surface area (Å²) in [6, 6.07) is 9.86. The third kappa shape index (κ3) is 5.33. The molecule has 1 amide bonds. The van der Waals surface area contributed by atoms with Crippen LogP contribution in [0.15, 0.2) is 42.2 Å². The first-order chi connectivity index (χ1) is 14.9. The summed E-state index contributed by atoms with van der Waals surface area (Å²) >= 11 is 0. The Morgan fingerprint density at radius 1 is 1.10 bits per heavy atom. The first-order valence-corrected chi connectivity index (χ1v) is 9.33. The Hall–Kier alpha value is -4.01. The third-order valence-electron chi connectivity index (χ3n) is 4.38. The lowest BCUT2D eigenvalue weighted by atomic mass is 10.1. The molecule has 0 saturated carbocycles. The summed E-state index contributed by atoms with van der Waals surface area (Å²) in [7, 11) is 3.06. The average molecular weight is 427 g/mol. The molecule has 0 fully saturated rings. The molecule has 0 aromatic heterocycles. The van der Waals surface area contributed by atoms with E-state index in [0.717, 1.165) is 0 Å². The molecule has 2 N–H and O–H groups in total. The third-order valence-corrected chi connectivity index (χ3v) is 4.38. The molecule has 2 aromatic carbocycles. The molecule has 0 saturated heterocycles. The van der Waals surface area contributed by atoms with E-state index in [4.69, 9.17) is 24.1 Å². The molecule has 0 aliphatic carbocycles. The number of rotatable bonds is 9. The zero-order valence-corrected chi connectivity index (χ0v) is 17.0. The van der Waals surface area contributed by atoms with Gasteiger partial charge in [0.2, 0.25) is 5.78 Å². The summed E-state index contributed by atoms with van der Waals surface area (Å²) in [6.07, 6.45) is 1.43. The number of fused-ring (bicyclic) bond motifs is 1. The molecule has 0 bridgehead atoms. The lowest BCUT2D eigenvalue weighted by Gasteiger charge is -2.08. The van der Waals surface area contributed by atoms with Gasteiger partial charge in [0, 0.05) is 12.6 Å². The number of aliphatic carboxylic acids is 1. The van der Waals surface area contributed by atoms with Gasteiger partial charge in [-0.25, -0.2) is 0 Å². The Morgan fingerprint density at radius 3 is 2.58 bits per heavy atom. The van der Waals surface area contributed by atoms with Crippen LogP contribution in [-0.2, 0) is 9.59 Å². The van der Waals surface area contributed by atoms with Crippen LogP contribution in [0.5, 0.6) is 23.0 Å². The maximum absolute atomic E-state index is 12.6. The van der Waals surface area contributed by atoms with Crippen LogP contribution in [0.3, 0.4) is 0 Å². The summed E-state index contributed by atoms with van der Waals surface area (Å²) in [6.45, 7) is -0.273. The smallest absolute Gasteiger partial charge is 0.305 e. The molecule has 0 unspecified atom stereocenters. The van der Waals surface area contributed by atoms with Crippen LogP contribution >= 0.6 is 0 Å². The predicted molar refractivity (Wildman–Crippen MR) is 110 cm³/mol. The van der Waals surface area contributed by atoms with Crippen LogP contribution in [-0.4, -0.2) is 50.1 Å². The maximum Gasteiger partial charge on any atom is 0.305 e. The molecule has 9 heteroatoms. The number of carboxylic acid groups (broad SMARTS) is 1. The van der Waals surface area contributed by atoms with Crippen molar-refractivity contribution in [2.45, 2.75) is 6.42 Å². The number of nitrogens with one attached hydrogen (secondary N) is 1. The van der Waals surface area contributed by atoms with Gasteiger partial charge in [0.05, 0.1) is 26.2 Å². The fourth-order valence-corrected chi connectivity index (χ4v) is 2.86. The minimum absolute atomic E-state index is 0.0175. The minimum Gasteiger partial charge on any atom is -0.493 e. The molecule has 0 atom stereocenters. The number of carboxylic acids is 1. The Morgan fingerprint density at radius 2 is 1.87 bits per heavy atom. The molecule has 1 aliphatic heterocycles. The first kappa shape index (κ1) is 21.7. The van der Waals surface area contributed by atoms with E-state index >= 15 is 0 Å². The highest BCUT2D eigenvalue weighted by Gasteiger charge is 2.28. The van der Waals surface area contributed by atoms with E-state index in [9.17, 15) is 14.4 Å². The molecule has 0 spiro atoms. The van der Waals surface area contributed by atoms with Crippen molar-refractivity contribution in [3.63, 3.8) is 0 Å². The van der Waals surface area contributed by atoms with Crippen LogP contribution in [0.1, 0.15) is 22.3 Å². The molecular weight excluding hydrogens is 406 g/mol. The standard InChI is InChI=1S/C22H21NO8/c1-28-16-6-3-13(9-18(16)29-2)10-19-22(27)15-5-4-14(11-17(15)31-19)30-12-20(24)23-8-7-21(25)26/h3-6,9-11H,7-8,12H2,1-2H3,(H,23,24)(H,25,26)/b19-10-. The van der Waals surface area contributed by atoms with E-state index in [0.29, 0.717) is 34.1 Å². The Kier molecular flexibility index (Phi) is 6.76. The van der Waals surface area contributed by atoms with Gasteiger partial charge in [-0.15, -0.1) is 0 Å². The van der Waals surface area contributed by atoms with Gasteiger partial charge in [-0.3, -0.25) is 14.4 Å². The van der Waals surface area contributed by atoms with Crippen molar-refractivity contribution in [1.29, 1.82) is 0 Å². The first-order valence-electron chi connectivity index (χ1n) is 9.33. The Bertz CT molecular complexity index is 1040. The molecule has 1 heterocycles. The number of carbonyl (C=O) groups excluding carboxylic acids is 2. The second-order valence-electron chi connectivity index (χ2n) is 6.49. The number of ketones is 1. The van der Waals surface area contributed by atoms with Gasteiger partial charge in [-0.05, 0) is 35.9 Å². The SMILES string of the molecule is COc1ccc(/C=C2\Oc3cc(OCC(=O)NCCC(=O)O)ccc3C2=O)cc1OC. The van der Waals surface area contributed by atoms with Gasteiger partial charge in [-0.2, -0.15) is 0 Å². The van der Waals surface area contributed by atoms with Gasteiger partial charge in [-0.1, -0.05) is 6.07 Å². The van der Waals surface area contributed by atoms with Crippen molar-refractivity contribution in [3.8, 4) is 23.0 Å². The molecule has 9 nitrogen and oxygen atoms in total. The molecule has 0 radical (unpaired) electrons. The van der Waals surface area contributed by atoms with Crippen molar-refractivity contribution in [2.24, 2.45) is 0 Å². The van der Waals surface area contributed by atoms with Crippen molar-refractivity contribution < 1.29 is 38.4 Å². The average Bonchev–Trinajstić information content (AvgIpc) is 3.06. The molecular formula is C22H21NO8. The maximum atomic E-state index is 12.6. The number of allylic oxidation sites excluding steroid dienone is 1. The number of amides is 1. The summed E-state index contributed by atoms with van der Waals surface area (Å²) < 4.78 is 21.6. The zero-order valence-electron chi connectivity index (χ0n) is 17.0. The molecule has 1 aliphatic rings. The van der Waals surface area contributed by atoms with Crippen molar-refractivity contribution in [2.75, 3.05) is 27.4 Å².